The van der Waals surface area contributed by atoms with Crippen molar-refractivity contribution in [1.82, 2.24) is 4.98 Å². The van der Waals surface area contributed by atoms with Crippen molar-refractivity contribution in [3.63, 3.8) is 0 Å². The lowest BCUT2D eigenvalue weighted by Crippen LogP contribution is -1.86. The van der Waals surface area contributed by atoms with Crippen LogP contribution in [0.2, 0.25) is 0 Å². The maximum Gasteiger partial charge on any atom is 0.196 e. The molecule has 0 aliphatic heterocycles. The number of rotatable bonds is 2. The number of aromatic amines is 1. The van der Waals surface area contributed by atoms with E-state index >= 15 is 0 Å². The first-order valence-corrected chi connectivity index (χ1v) is 4.79. The number of hydrogen-bond donors (Lipinski definition) is 2. The van der Waals surface area contributed by atoms with E-state index in [1.165, 1.54) is 5.39 Å². The van der Waals surface area contributed by atoms with Gasteiger partial charge < -0.3 is 14.7 Å². The fourth-order valence-corrected chi connectivity index (χ4v) is 1.62. The zero-order valence-electron chi connectivity index (χ0n) is 8.03. The van der Waals surface area contributed by atoms with E-state index in [0.717, 1.165) is 17.1 Å². The van der Waals surface area contributed by atoms with Crippen LogP contribution in [0.1, 0.15) is 0 Å². The molecule has 2 N–H and O–H groups in total. The van der Waals surface area contributed by atoms with Crippen molar-refractivity contribution in [2.45, 2.75) is 0 Å². The van der Waals surface area contributed by atoms with Crippen molar-refractivity contribution in [3.8, 4) is 0 Å². The van der Waals surface area contributed by atoms with Gasteiger partial charge in [0.2, 0.25) is 0 Å². The first-order valence-electron chi connectivity index (χ1n) is 4.79. The van der Waals surface area contributed by atoms with Crippen molar-refractivity contribution < 1.29 is 4.42 Å². The standard InChI is InChI=1S/C12H10N2O/c1-2-12(15-7-1)14-10-3-4-11-9(8-10)5-6-13-11/h1-8,13-14H. The summed E-state index contributed by atoms with van der Waals surface area (Å²) in [4.78, 5) is 3.15. The minimum absolute atomic E-state index is 0.755. The Kier molecular flexibility index (Phi) is 1.75. The Morgan fingerprint density at radius 2 is 2.13 bits per heavy atom. The number of anilines is 2. The second-order valence-corrected chi connectivity index (χ2v) is 3.38. The summed E-state index contributed by atoms with van der Waals surface area (Å²) in [5.41, 5.74) is 2.16. The van der Waals surface area contributed by atoms with Crippen LogP contribution in [0.5, 0.6) is 0 Å². The van der Waals surface area contributed by atoms with Crippen molar-refractivity contribution >= 4 is 22.5 Å². The Labute approximate surface area is 86.7 Å². The third kappa shape index (κ3) is 1.48. The van der Waals surface area contributed by atoms with Crippen molar-refractivity contribution in [2.75, 3.05) is 5.32 Å². The van der Waals surface area contributed by atoms with Gasteiger partial charge in [-0.15, -0.1) is 0 Å². The molecule has 0 spiro atoms. The van der Waals surface area contributed by atoms with Crippen LogP contribution in [-0.2, 0) is 0 Å². The second kappa shape index (κ2) is 3.20. The molecule has 3 aromatic rings. The highest BCUT2D eigenvalue weighted by Crippen LogP contribution is 2.21. The van der Waals surface area contributed by atoms with Crippen LogP contribution >= 0.6 is 0 Å². The SMILES string of the molecule is c1coc(Nc2ccc3[nH]ccc3c2)c1. The molecule has 0 atom stereocenters. The minimum atomic E-state index is 0.755. The van der Waals surface area contributed by atoms with Gasteiger partial charge in [0, 0.05) is 28.9 Å². The maximum absolute atomic E-state index is 5.21. The average molecular weight is 198 g/mol. The van der Waals surface area contributed by atoms with Gasteiger partial charge in [0.1, 0.15) is 0 Å². The number of hydrogen-bond acceptors (Lipinski definition) is 2. The number of H-pyrrole nitrogens is 1. The molecule has 0 saturated carbocycles. The summed E-state index contributed by atoms with van der Waals surface area (Å²) in [6, 6.07) is 11.9. The summed E-state index contributed by atoms with van der Waals surface area (Å²) in [5.74, 6) is 0.755. The molecule has 0 radical (unpaired) electrons. The van der Waals surface area contributed by atoms with Gasteiger partial charge in [-0.1, -0.05) is 0 Å². The predicted octanol–water partition coefficient (Wildman–Crippen LogP) is 3.50. The van der Waals surface area contributed by atoms with Crippen molar-refractivity contribution in [2.24, 2.45) is 0 Å². The van der Waals surface area contributed by atoms with Gasteiger partial charge in [0.25, 0.3) is 0 Å². The highest BCUT2D eigenvalue weighted by molar-refractivity contribution is 5.83. The van der Waals surface area contributed by atoms with E-state index in [1.807, 2.05) is 36.5 Å². The van der Waals surface area contributed by atoms with Gasteiger partial charge in [-0.2, -0.15) is 0 Å². The van der Waals surface area contributed by atoms with Gasteiger partial charge in [-0.25, -0.2) is 0 Å². The van der Waals surface area contributed by atoms with E-state index in [4.69, 9.17) is 4.42 Å². The average Bonchev–Trinajstić information content (AvgIpc) is 2.87. The maximum atomic E-state index is 5.21. The third-order valence-corrected chi connectivity index (χ3v) is 2.34. The van der Waals surface area contributed by atoms with Crippen molar-refractivity contribution in [3.05, 3.63) is 48.9 Å². The van der Waals surface area contributed by atoms with Gasteiger partial charge in [-0.3, -0.25) is 0 Å². The molecular formula is C12H10N2O. The monoisotopic (exact) mass is 198 g/mol. The molecule has 0 saturated heterocycles. The first-order chi connectivity index (χ1) is 7.42. The molecule has 0 aliphatic carbocycles. The molecule has 0 unspecified atom stereocenters. The lowest BCUT2D eigenvalue weighted by Gasteiger charge is -2.02. The molecule has 3 heteroatoms. The number of benzene rings is 1. The third-order valence-electron chi connectivity index (χ3n) is 2.34. The summed E-state index contributed by atoms with van der Waals surface area (Å²) >= 11 is 0. The topological polar surface area (TPSA) is 41.0 Å². The van der Waals surface area contributed by atoms with E-state index in [2.05, 4.69) is 16.4 Å². The Balaban J connectivity index is 1.97. The van der Waals surface area contributed by atoms with Crippen LogP contribution in [0, 0.1) is 0 Å². The second-order valence-electron chi connectivity index (χ2n) is 3.38. The molecule has 3 rings (SSSR count). The molecule has 15 heavy (non-hydrogen) atoms. The summed E-state index contributed by atoms with van der Waals surface area (Å²) in [7, 11) is 0. The van der Waals surface area contributed by atoms with Crippen LogP contribution in [0.4, 0.5) is 11.6 Å². The van der Waals surface area contributed by atoms with Crippen LogP contribution < -0.4 is 5.32 Å². The van der Waals surface area contributed by atoms with Crippen LogP contribution in [0.15, 0.2) is 53.3 Å². The molecule has 2 aromatic heterocycles. The fourth-order valence-electron chi connectivity index (χ4n) is 1.62. The van der Waals surface area contributed by atoms with Gasteiger partial charge >= 0.3 is 0 Å². The summed E-state index contributed by atoms with van der Waals surface area (Å²) < 4.78 is 5.21. The van der Waals surface area contributed by atoms with E-state index in [-0.39, 0.29) is 0 Å². The van der Waals surface area contributed by atoms with E-state index in [9.17, 15) is 0 Å². The largest absolute Gasteiger partial charge is 0.449 e. The first kappa shape index (κ1) is 8.17. The summed E-state index contributed by atoms with van der Waals surface area (Å²) in [5, 5.41) is 4.37. The Bertz CT molecular complexity index is 566. The molecule has 2 heterocycles. The Morgan fingerprint density at radius 3 is 3.00 bits per heavy atom. The van der Waals surface area contributed by atoms with Gasteiger partial charge in [0.15, 0.2) is 5.88 Å². The smallest absolute Gasteiger partial charge is 0.196 e. The van der Waals surface area contributed by atoms with Crippen LogP contribution in [0.25, 0.3) is 10.9 Å². The quantitative estimate of drug-likeness (QED) is 0.661. The lowest BCUT2D eigenvalue weighted by atomic mass is 10.2. The van der Waals surface area contributed by atoms with Crippen LogP contribution in [-0.4, -0.2) is 4.98 Å². The zero-order chi connectivity index (χ0) is 10.1. The molecule has 1 aromatic carbocycles. The number of furan rings is 1. The molecule has 0 aliphatic rings. The zero-order valence-corrected chi connectivity index (χ0v) is 8.03. The van der Waals surface area contributed by atoms with Crippen molar-refractivity contribution in [1.29, 1.82) is 0 Å². The highest BCUT2D eigenvalue weighted by atomic mass is 16.3. The van der Waals surface area contributed by atoms with Gasteiger partial charge in [0.05, 0.1) is 6.26 Å². The van der Waals surface area contributed by atoms with Crippen LogP contribution in [0.3, 0.4) is 0 Å². The van der Waals surface area contributed by atoms with E-state index < -0.39 is 0 Å². The van der Waals surface area contributed by atoms with E-state index in [1.54, 1.807) is 6.26 Å². The minimum Gasteiger partial charge on any atom is -0.449 e. The lowest BCUT2D eigenvalue weighted by molar-refractivity contribution is 0.585. The molecule has 0 amide bonds. The number of fused-ring (bicyclic) bond motifs is 1. The number of aromatic nitrogens is 1. The molecule has 0 fully saturated rings. The number of nitrogens with one attached hydrogen (secondary N) is 2. The molecule has 74 valence electrons. The summed E-state index contributed by atoms with van der Waals surface area (Å²) in [6.45, 7) is 0. The highest BCUT2D eigenvalue weighted by Gasteiger charge is 1.98. The molecule has 0 bridgehead atoms. The predicted molar refractivity (Wildman–Crippen MR) is 60.3 cm³/mol. The Morgan fingerprint density at radius 1 is 1.13 bits per heavy atom. The summed E-state index contributed by atoms with van der Waals surface area (Å²) in [6.07, 6.45) is 3.58. The fraction of sp³-hybridized carbons (Fsp3) is 0. The Hall–Kier alpha value is -2.16. The molecular weight excluding hydrogens is 188 g/mol. The van der Waals surface area contributed by atoms with Gasteiger partial charge in [-0.05, 0) is 30.3 Å². The molecule has 3 nitrogen and oxygen atoms in total. The normalized spacial score (nSPS) is 10.7. The van der Waals surface area contributed by atoms with E-state index in [0.29, 0.717) is 0 Å².